The van der Waals surface area contributed by atoms with Crippen LogP contribution in [-0.4, -0.2) is 64.4 Å². The molecule has 2 aliphatic heterocycles. The van der Waals surface area contributed by atoms with E-state index in [1.165, 1.54) is 12.1 Å². The zero-order valence-corrected chi connectivity index (χ0v) is 15.8. The summed E-state index contributed by atoms with van der Waals surface area (Å²) >= 11 is 0. The Morgan fingerprint density at radius 3 is 2.85 bits per heavy atom. The predicted octanol–water partition coefficient (Wildman–Crippen LogP) is 1.66. The van der Waals surface area contributed by atoms with Crippen LogP contribution in [0.5, 0.6) is 0 Å². The Balaban J connectivity index is 1.51. The highest BCUT2D eigenvalue weighted by atomic mass is 16.1. The van der Waals surface area contributed by atoms with Crippen LogP contribution < -0.4 is 5.56 Å². The highest BCUT2D eigenvalue weighted by Crippen LogP contribution is 2.41. The molecule has 4 rings (SSSR count). The van der Waals surface area contributed by atoms with E-state index in [2.05, 4.69) is 39.6 Å². The van der Waals surface area contributed by atoms with Crippen molar-refractivity contribution in [3.05, 3.63) is 52.7 Å². The quantitative estimate of drug-likeness (QED) is 0.791. The zero-order chi connectivity index (χ0) is 18.1. The van der Waals surface area contributed by atoms with Gasteiger partial charge < -0.3 is 14.4 Å². The maximum Gasteiger partial charge on any atom is 0.251 e. The SMILES string of the molecule is CN(C)C[C@H]1[C@H]2C[C@H](CN(CCCn3cccn3)C2)c2cccc(=O)n21. The Kier molecular flexibility index (Phi) is 4.96. The van der Waals surface area contributed by atoms with Crippen molar-refractivity contribution in [3.63, 3.8) is 0 Å². The van der Waals surface area contributed by atoms with Gasteiger partial charge in [0.1, 0.15) is 0 Å². The molecule has 2 aromatic rings. The highest BCUT2D eigenvalue weighted by molar-refractivity contribution is 5.19. The van der Waals surface area contributed by atoms with Crippen molar-refractivity contribution in [3.8, 4) is 0 Å². The summed E-state index contributed by atoms with van der Waals surface area (Å²) in [6.07, 6.45) is 6.19. The minimum atomic E-state index is 0.163. The molecule has 140 valence electrons. The number of hydrogen-bond donors (Lipinski definition) is 0. The number of piperidine rings is 1. The molecule has 0 amide bonds. The molecular weight excluding hydrogens is 326 g/mol. The molecule has 6 heteroatoms. The average molecular weight is 355 g/mol. The van der Waals surface area contributed by atoms with Crippen molar-refractivity contribution in [2.45, 2.75) is 31.3 Å². The summed E-state index contributed by atoms with van der Waals surface area (Å²) in [5.41, 5.74) is 1.40. The molecular formula is C20H29N5O. The van der Waals surface area contributed by atoms with Crippen LogP contribution in [0.25, 0.3) is 0 Å². The van der Waals surface area contributed by atoms with Crippen LogP contribution in [0, 0.1) is 5.92 Å². The summed E-state index contributed by atoms with van der Waals surface area (Å²) in [6, 6.07) is 8.07. The molecule has 26 heavy (non-hydrogen) atoms. The van der Waals surface area contributed by atoms with E-state index < -0.39 is 0 Å². The van der Waals surface area contributed by atoms with E-state index in [9.17, 15) is 4.79 Å². The van der Waals surface area contributed by atoms with Gasteiger partial charge in [0.25, 0.3) is 5.56 Å². The summed E-state index contributed by atoms with van der Waals surface area (Å²) in [5, 5.41) is 4.29. The largest absolute Gasteiger partial charge is 0.308 e. The van der Waals surface area contributed by atoms with Crippen LogP contribution in [-0.2, 0) is 6.54 Å². The molecule has 0 spiro atoms. The molecule has 2 aromatic heterocycles. The van der Waals surface area contributed by atoms with Crippen molar-refractivity contribution >= 4 is 0 Å². The number of aryl methyl sites for hydroxylation is 1. The normalized spacial score (nSPS) is 25.4. The standard InChI is InChI=1S/C20H29N5O/c1-22(2)15-19-17-12-16(18-6-3-7-20(26)25(18)19)13-23(14-17)9-5-11-24-10-4-8-21-24/h3-4,6-8,10,16-17,19H,5,9,11-15H2,1-2H3/t16-,17+,19+/m1/s1. The lowest BCUT2D eigenvalue weighted by molar-refractivity contribution is 0.0772. The Hall–Kier alpha value is -1.92. The van der Waals surface area contributed by atoms with E-state index in [0.29, 0.717) is 11.8 Å². The van der Waals surface area contributed by atoms with E-state index in [-0.39, 0.29) is 11.6 Å². The Labute approximate surface area is 155 Å². The number of rotatable bonds is 6. The number of nitrogens with zero attached hydrogens (tertiary/aromatic N) is 5. The van der Waals surface area contributed by atoms with Gasteiger partial charge in [-0.1, -0.05) is 6.07 Å². The third-order valence-electron chi connectivity index (χ3n) is 5.85. The number of fused-ring (bicyclic) bond motifs is 4. The summed E-state index contributed by atoms with van der Waals surface area (Å²) in [7, 11) is 4.20. The monoisotopic (exact) mass is 355 g/mol. The lowest BCUT2D eigenvalue weighted by atomic mass is 9.78. The van der Waals surface area contributed by atoms with E-state index in [4.69, 9.17) is 0 Å². The van der Waals surface area contributed by atoms with E-state index in [0.717, 1.165) is 39.1 Å². The lowest BCUT2D eigenvalue weighted by Gasteiger charge is -2.47. The number of aromatic nitrogens is 3. The third-order valence-corrected chi connectivity index (χ3v) is 5.85. The smallest absolute Gasteiger partial charge is 0.251 e. The molecule has 0 N–H and O–H groups in total. The van der Waals surface area contributed by atoms with Gasteiger partial charge in [-0.25, -0.2) is 0 Å². The molecule has 0 aliphatic carbocycles. The molecule has 6 nitrogen and oxygen atoms in total. The van der Waals surface area contributed by atoms with Gasteiger partial charge in [-0.15, -0.1) is 0 Å². The van der Waals surface area contributed by atoms with Gasteiger partial charge in [0.05, 0.1) is 6.04 Å². The molecule has 0 saturated carbocycles. The molecule has 0 radical (unpaired) electrons. The topological polar surface area (TPSA) is 46.3 Å². The Morgan fingerprint density at radius 1 is 1.19 bits per heavy atom. The van der Waals surface area contributed by atoms with Crippen molar-refractivity contribution < 1.29 is 0 Å². The van der Waals surface area contributed by atoms with Crippen LogP contribution in [0.2, 0.25) is 0 Å². The molecule has 0 aromatic carbocycles. The predicted molar refractivity (Wildman–Crippen MR) is 102 cm³/mol. The molecule has 1 saturated heterocycles. The zero-order valence-electron chi connectivity index (χ0n) is 15.8. The van der Waals surface area contributed by atoms with Gasteiger partial charge in [-0.2, -0.15) is 5.10 Å². The number of likely N-dealkylation sites (N-methyl/N-ethyl adjacent to an activating group) is 1. The number of pyridine rings is 1. The molecule has 0 unspecified atom stereocenters. The lowest BCUT2D eigenvalue weighted by Crippen LogP contribution is -2.51. The maximum atomic E-state index is 12.6. The van der Waals surface area contributed by atoms with E-state index in [1.54, 1.807) is 6.07 Å². The van der Waals surface area contributed by atoms with Crippen LogP contribution in [0.3, 0.4) is 0 Å². The second-order valence-corrected chi connectivity index (χ2v) is 8.06. The van der Waals surface area contributed by atoms with Gasteiger partial charge >= 0.3 is 0 Å². The first-order valence-corrected chi connectivity index (χ1v) is 9.68. The number of hydrogen-bond acceptors (Lipinski definition) is 4. The molecule has 3 atom stereocenters. The van der Waals surface area contributed by atoms with Crippen LogP contribution in [0.1, 0.15) is 30.5 Å². The van der Waals surface area contributed by atoms with Crippen molar-refractivity contribution in [1.29, 1.82) is 0 Å². The first kappa shape index (κ1) is 17.5. The Morgan fingerprint density at radius 2 is 2.08 bits per heavy atom. The molecule has 1 fully saturated rings. The fraction of sp³-hybridized carbons (Fsp3) is 0.600. The van der Waals surface area contributed by atoms with Gasteiger partial charge in [0.15, 0.2) is 0 Å². The van der Waals surface area contributed by atoms with Crippen LogP contribution >= 0.6 is 0 Å². The average Bonchev–Trinajstić information content (AvgIpc) is 3.12. The van der Waals surface area contributed by atoms with Crippen molar-refractivity contribution in [2.24, 2.45) is 5.92 Å². The summed E-state index contributed by atoms with van der Waals surface area (Å²) in [6.45, 7) is 5.15. The fourth-order valence-electron chi connectivity index (χ4n) is 4.82. The van der Waals surface area contributed by atoms with Crippen LogP contribution in [0.15, 0.2) is 41.5 Å². The first-order valence-electron chi connectivity index (χ1n) is 9.68. The van der Waals surface area contributed by atoms with Gasteiger partial charge in [0, 0.05) is 56.3 Å². The summed E-state index contributed by atoms with van der Waals surface area (Å²) in [5.74, 6) is 1.03. The molecule has 4 heterocycles. The van der Waals surface area contributed by atoms with Gasteiger partial charge in [-0.3, -0.25) is 9.48 Å². The minimum absolute atomic E-state index is 0.163. The maximum absolute atomic E-state index is 12.6. The third kappa shape index (κ3) is 3.48. The molecule has 2 bridgehead atoms. The van der Waals surface area contributed by atoms with Crippen molar-refractivity contribution in [2.75, 3.05) is 40.3 Å². The van der Waals surface area contributed by atoms with Gasteiger partial charge in [-0.05, 0) is 51.5 Å². The highest BCUT2D eigenvalue weighted by Gasteiger charge is 2.40. The van der Waals surface area contributed by atoms with Gasteiger partial charge in [0.2, 0.25) is 0 Å². The number of likely N-dealkylation sites (tertiary alicyclic amines) is 1. The summed E-state index contributed by atoms with van der Waals surface area (Å²) < 4.78 is 4.11. The van der Waals surface area contributed by atoms with E-state index >= 15 is 0 Å². The van der Waals surface area contributed by atoms with Crippen LogP contribution in [0.4, 0.5) is 0 Å². The fourth-order valence-corrected chi connectivity index (χ4v) is 4.82. The second kappa shape index (κ2) is 7.37. The van der Waals surface area contributed by atoms with Crippen molar-refractivity contribution in [1.82, 2.24) is 24.1 Å². The second-order valence-electron chi connectivity index (χ2n) is 8.06. The minimum Gasteiger partial charge on any atom is -0.308 e. The molecule has 2 aliphatic rings. The summed E-state index contributed by atoms with van der Waals surface area (Å²) in [4.78, 5) is 17.4. The Bertz CT molecular complexity index is 782. The first-order chi connectivity index (χ1) is 12.6. The van der Waals surface area contributed by atoms with E-state index in [1.807, 2.05) is 29.2 Å².